The lowest BCUT2D eigenvalue weighted by molar-refractivity contribution is 1.27. The van der Waals surface area contributed by atoms with E-state index in [2.05, 4.69) is 25.9 Å². The van der Waals surface area contributed by atoms with Gasteiger partial charge in [0, 0.05) is 0 Å². The van der Waals surface area contributed by atoms with Crippen LogP contribution in [-0.2, 0) is 0 Å². The van der Waals surface area contributed by atoms with Crippen LogP contribution in [0.2, 0.25) is 0 Å². The maximum atomic E-state index is 8.84. The molecule has 2 rings (SSSR count). The molecule has 1 heterocycles. The first-order valence-electron chi connectivity index (χ1n) is 3.74. The van der Waals surface area contributed by atoms with Crippen LogP contribution in [0, 0.1) is 22.7 Å². The number of nitrogens with one attached hydrogen (secondary N) is 1. The molecule has 0 saturated heterocycles. The monoisotopic (exact) mass is 246 g/mol. The predicted molar refractivity (Wildman–Crippen MR) is 53.2 cm³/mol. The lowest BCUT2D eigenvalue weighted by Crippen LogP contribution is -1.82. The van der Waals surface area contributed by atoms with Crippen molar-refractivity contribution in [2.75, 3.05) is 0 Å². The smallest absolute Gasteiger partial charge is 0.175 e. The van der Waals surface area contributed by atoms with E-state index in [0.29, 0.717) is 26.9 Å². The summed E-state index contributed by atoms with van der Waals surface area (Å²) in [5.74, 6) is 0. The van der Waals surface area contributed by atoms with Crippen LogP contribution >= 0.6 is 15.9 Å². The summed E-state index contributed by atoms with van der Waals surface area (Å²) >= 11 is 3.18. The molecule has 0 amide bonds. The molecule has 0 atom stereocenters. The van der Waals surface area contributed by atoms with Gasteiger partial charge in [0.05, 0.1) is 22.7 Å². The molecule has 1 aromatic carbocycles. The number of nitriles is 2. The second-order valence-corrected chi connectivity index (χ2v) is 3.42. The second-order valence-electron chi connectivity index (χ2n) is 2.67. The highest BCUT2D eigenvalue weighted by atomic mass is 79.9. The summed E-state index contributed by atoms with van der Waals surface area (Å²) in [6.07, 6.45) is 0. The molecule has 4 nitrogen and oxygen atoms in total. The van der Waals surface area contributed by atoms with E-state index in [0.717, 1.165) is 0 Å². The number of benzene rings is 1. The molecule has 0 aliphatic carbocycles. The van der Waals surface area contributed by atoms with E-state index in [1.165, 1.54) is 6.07 Å². The predicted octanol–water partition coefficient (Wildman–Crippen LogP) is 2.07. The Kier molecular flexibility index (Phi) is 1.95. The fourth-order valence-corrected chi connectivity index (χ4v) is 1.63. The van der Waals surface area contributed by atoms with Gasteiger partial charge in [-0.25, -0.2) is 4.98 Å². The lowest BCUT2D eigenvalue weighted by atomic mass is 10.1. The Labute approximate surface area is 87.9 Å². The first kappa shape index (κ1) is 8.74. The van der Waals surface area contributed by atoms with Crippen LogP contribution < -0.4 is 0 Å². The van der Waals surface area contributed by atoms with E-state index in [-0.39, 0.29) is 0 Å². The van der Waals surface area contributed by atoms with Crippen molar-refractivity contribution in [2.45, 2.75) is 0 Å². The highest BCUT2D eigenvalue weighted by Crippen LogP contribution is 2.20. The van der Waals surface area contributed by atoms with Gasteiger partial charge in [-0.15, -0.1) is 0 Å². The van der Waals surface area contributed by atoms with Crippen LogP contribution in [0.1, 0.15) is 11.1 Å². The van der Waals surface area contributed by atoms with E-state index in [9.17, 15) is 0 Å². The van der Waals surface area contributed by atoms with Crippen molar-refractivity contribution < 1.29 is 0 Å². The van der Waals surface area contributed by atoms with Gasteiger partial charge in [0.2, 0.25) is 0 Å². The standard InChI is InChI=1S/C9H3BrN4/c10-9-13-7-2-5(3-11)1-6(4-12)8(7)14-9/h1-2H,(H,13,14). The molecule has 1 N–H and O–H groups in total. The van der Waals surface area contributed by atoms with Gasteiger partial charge in [0.1, 0.15) is 11.6 Å². The van der Waals surface area contributed by atoms with Crippen molar-refractivity contribution in [2.24, 2.45) is 0 Å². The summed E-state index contributed by atoms with van der Waals surface area (Å²) in [7, 11) is 0. The Bertz CT molecular complexity index is 585. The van der Waals surface area contributed by atoms with Crippen molar-refractivity contribution in [3.8, 4) is 12.1 Å². The molecule has 1 aromatic heterocycles. The fraction of sp³-hybridized carbons (Fsp3) is 0. The summed E-state index contributed by atoms with van der Waals surface area (Å²) in [4.78, 5) is 7.00. The molecule has 5 heteroatoms. The number of aromatic amines is 1. The minimum atomic E-state index is 0.404. The molecular formula is C9H3BrN4. The molecule has 0 radical (unpaired) electrons. The van der Waals surface area contributed by atoms with Crippen LogP contribution in [-0.4, -0.2) is 9.97 Å². The topological polar surface area (TPSA) is 76.3 Å². The number of imidazole rings is 1. The first-order valence-corrected chi connectivity index (χ1v) is 4.53. The SMILES string of the molecule is N#Cc1cc(C#N)c2nc(Br)[nH]c2c1. The molecule has 0 spiro atoms. The number of H-pyrrole nitrogens is 1. The number of hydrogen-bond donors (Lipinski definition) is 1. The number of aromatic nitrogens is 2. The van der Waals surface area contributed by atoms with Crippen LogP contribution in [0.3, 0.4) is 0 Å². The third-order valence-corrected chi connectivity index (χ3v) is 2.18. The second kappa shape index (κ2) is 3.13. The molecule has 2 aromatic rings. The van der Waals surface area contributed by atoms with E-state index in [4.69, 9.17) is 10.5 Å². The number of rotatable bonds is 0. The molecule has 14 heavy (non-hydrogen) atoms. The zero-order chi connectivity index (χ0) is 10.1. The van der Waals surface area contributed by atoms with Gasteiger partial charge in [-0.2, -0.15) is 10.5 Å². The molecule has 0 unspecified atom stereocenters. The van der Waals surface area contributed by atoms with Gasteiger partial charge in [-0.1, -0.05) is 0 Å². The third-order valence-electron chi connectivity index (χ3n) is 1.81. The molecule has 0 fully saturated rings. The molecule has 0 saturated carbocycles. The Morgan fingerprint density at radius 3 is 2.71 bits per heavy atom. The van der Waals surface area contributed by atoms with Gasteiger partial charge < -0.3 is 4.98 Å². The van der Waals surface area contributed by atoms with Crippen LogP contribution in [0.4, 0.5) is 0 Å². The van der Waals surface area contributed by atoms with Crippen molar-refractivity contribution >= 4 is 27.0 Å². The Morgan fingerprint density at radius 1 is 1.29 bits per heavy atom. The van der Waals surface area contributed by atoms with E-state index < -0.39 is 0 Å². The summed E-state index contributed by atoms with van der Waals surface area (Å²) in [5, 5.41) is 17.6. The quantitative estimate of drug-likeness (QED) is 0.774. The fourth-order valence-electron chi connectivity index (χ4n) is 1.24. The average Bonchev–Trinajstić information content (AvgIpc) is 2.56. The van der Waals surface area contributed by atoms with E-state index in [1.54, 1.807) is 6.07 Å². The summed E-state index contributed by atoms with van der Waals surface area (Å²) < 4.78 is 0.555. The minimum Gasteiger partial charge on any atom is -0.332 e. The number of halogens is 1. The van der Waals surface area contributed by atoms with Crippen LogP contribution in [0.15, 0.2) is 16.9 Å². The maximum absolute atomic E-state index is 8.84. The van der Waals surface area contributed by atoms with Crippen molar-refractivity contribution in [1.29, 1.82) is 10.5 Å². The van der Waals surface area contributed by atoms with Crippen LogP contribution in [0.25, 0.3) is 11.0 Å². The maximum Gasteiger partial charge on any atom is 0.175 e. The number of fused-ring (bicyclic) bond motifs is 1. The van der Waals surface area contributed by atoms with E-state index >= 15 is 0 Å². The summed E-state index contributed by atoms with van der Waals surface area (Å²) in [6.45, 7) is 0. The molecular weight excluding hydrogens is 244 g/mol. The molecule has 0 bridgehead atoms. The van der Waals surface area contributed by atoms with Gasteiger partial charge in [0.25, 0.3) is 0 Å². The van der Waals surface area contributed by atoms with E-state index in [1.807, 2.05) is 12.1 Å². The highest BCUT2D eigenvalue weighted by Gasteiger charge is 2.07. The van der Waals surface area contributed by atoms with Crippen molar-refractivity contribution in [1.82, 2.24) is 9.97 Å². The van der Waals surface area contributed by atoms with Gasteiger partial charge in [-0.3, -0.25) is 0 Å². The minimum absolute atomic E-state index is 0.404. The van der Waals surface area contributed by atoms with Crippen molar-refractivity contribution in [3.05, 3.63) is 28.0 Å². The Balaban J connectivity index is 2.89. The summed E-state index contributed by atoms with van der Waals surface area (Å²) in [5.41, 5.74) is 2.12. The van der Waals surface area contributed by atoms with Gasteiger partial charge >= 0.3 is 0 Å². The first-order chi connectivity index (χ1) is 6.74. The average molecular weight is 247 g/mol. The highest BCUT2D eigenvalue weighted by molar-refractivity contribution is 9.10. The van der Waals surface area contributed by atoms with Crippen molar-refractivity contribution in [3.63, 3.8) is 0 Å². The largest absolute Gasteiger partial charge is 0.332 e. The lowest BCUT2D eigenvalue weighted by Gasteiger charge is -1.92. The number of hydrogen-bond acceptors (Lipinski definition) is 3. The van der Waals surface area contributed by atoms with Gasteiger partial charge in [-0.05, 0) is 28.1 Å². The normalized spacial score (nSPS) is 9.64. The molecule has 66 valence electrons. The van der Waals surface area contributed by atoms with Gasteiger partial charge in [0.15, 0.2) is 4.73 Å². The van der Waals surface area contributed by atoms with Crippen LogP contribution in [0.5, 0.6) is 0 Å². The Hall–Kier alpha value is -1.85. The number of nitrogens with zero attached hydrogens (tertiary/aromatic N) is 3. The summed E-state index contributed by atoms with van der Waals surface area (Å²) in [6, 6.07) is 7.18. The molecule has 0 aliphatic rings. The zero-order valence-electron chi connectivity index (χ0n) is 6.87. The third kappa shape index (κ3) is 1.24. The zero-order valence-corrected chi connectivity index (χ0v) is 8.46. The Morgan fingerprint density at radius 2 is 2.07 bits per heavy atom. The molecule has 0 aliphatic heterocycles.